The van der Waals surface area contributed by atoms with Crippen LogP contribution in [0.25, 0.3) is 0 Å². The van der Waals surface area contributed by atoms with E-state index in [-0.39, 0.29) is 16.2 Å². The Bertz CT molecular complexity index is 771. The van der Waals surface area contributed by atoms with Crippen LogP contribution in [-0.2, 0) is 9.05 Å². The van der Waals surface area contributed by atoms with Gasteiger partial charge in [0, 0.05) is 28.0 Å². The number of thiophene rings is 1. The third kappa shape index (κ3) is 4.03. The summed E-state index contributed by atoms with van der Waals surface area (Å²) >= 11 is 1.04. The molecule has 0 spiro atoms. The smallest absolute Gasteiger partial charge is 0.270 e. The topological polar surface area (TPSA) is 76.1 Å². The lowest BCUT2D eigenvalue weighted by Crippen LogP contribution is -2.26. The van der Waals surface area contributed by atoms with Gasteiger partial charge in [-0.05, 0) is 37.6 Å². The molecule has 0 aliphatic carbocycles. The maximum atomic E-state index is 12.1. The SMILES string of the molecule is Cc1cncc(C(=O)NC(C)c2ccc(S(=O)(=O)Cl)s2)c1. The van der Waals surface area contributed by atoms with E-state index in [1.165, 1.54) is 12.3 Å². The second kappa shape index (κ2) is 6.13. The van der Waals surface area contributed by atoms with Gasteiger partial charge in [-0.1, -0.05) is 0 Å². The summed E-state index contributed by atoms with van der Waals surface area (Å²) in [6.07, 6.45) is 3.15. The molecule has 1 atom stereocenters. The summed E-state index contributed by atoms with van der Waals surface area (Å²) < 4.78 is 22.5. The summed E-state index contributed by atoms with van der Waals surface area (Å²) in [6.45, 7) is 3.63. The van der Waals surface area contributed by atoms with Crippen molar-refractivity contribution in [1.29, 1.82) is 0 Å². The predicted octanol–water partition coefficient (Wildman–Crippen LogP) is 2.87. The Balaban J connectivity index is 2.13. The number of aromatic nitrogens is 1. The molecule has 0 saturated heterocycles. The highest BCUT2D eigenvalue weighted by atomic mass is 35.7. The molecule has 2 rings (SSSR count). The molecule has 0 saturated carbocycles. The van der Waals surface area contributed by atoms with E-state index in [0.29, 0.717) is 10.4 Å². The Morgan fingerprint density at radius 3 is 2.67 bits per heavy atom. The van der Waals surface area contributed by atoms with Crippen molar-refractivity contribution >= 4 is 37.0 Å². The number of nitrogens with one attached hydrogen (secondary N) is 1. The number of pyridine rings is 1. The van der Waals surface area contributed by atoms with Gasteiger partial charge in [0.05, 0.1) is 11.6 Å². The Morgan fingerprint density at radius 2 is 2.10 bits per heavy atom. The number of carbonyl (C=O) groups is 1. The molecule has 112 valence electrons. The number of aryl methyl sites for hydroxylation is 1. The summed E-state index contributed by atoms with van der Waals surface area (Å²) in [6, 6.07) is 4.48. The van der Waals surface area contributed by atoms with Crippen molar-refractivity contribution in [2.45, 2.75) is 24.1 Å². The molecular weight excluding hydrogens is 332 g/mol. The largest absolute Gasteiger partial charge is 0.345 e. The molecule has 0 aliphatic rings. The average Bonchev–Trinajstić information content (AvgIpc) is 2.88. The van der Waals surface area contributed by atoms with E-state index in [9.17, 15) is 13.2 Å². The van der Waals surface area contributed by atoms with E-state index in [2.05, 4.69) is 10.3 Å². The van der Waals surface area contributed by atoms with Crippen LogP contribution in [0.2, 0.25) is 0 Å². The van der Waals surface area contributed by atoms with E-state index in [4.69, 9.17) is 10.7 Å². The van der Waals surface area contributed by atoms with E-state index < -0.39 is 9.05 Å². The monoisotopic (exact) mass is 344 g/mol. The minimum atomic E-state index is -3.73. The summed E-state index contributed by atoms with van der Waals surface area (Å²) in [4.78, 5) is 16.8. The van der Waals surface area contributed by atoms with Crippen molar-refractivity contribution < 1.29 is 13.2 Å². The van der Waals surface area contributed by atoms with E-state index in [1.54, 1.807) is 25.3 Å². The second-order valence-electron chi connectivity index (χ2n) is 4.54. The van der Waals surface area contributed by atoms with Gasteiger partial charge in [-0.15, -0.1) is 11.3 Å². The fourth-order valence-corrected chi connectivity index (χ4v) is 3.82. The molecule has 0 aliphatic heterocycles. The number of nitrogens with zero attached hydrogens (tertiary/aromatic N) is 1. The van der Waals surface area contributed by atoms with E-state index in [1.807, 2.05) is 6.92 Å². The van der Waals surface area contributed by atoms with Crippen LogP contribution < -0.4 is 5.32 Å². The molecule has 1 unspecified atom stereocenters. The number of halogens is 1. The molecule has 0 bridgehead atoms. The van der Waals surface area contributed by atoms with Crippen LogP contribution in [-0.4, -0.2) is 19.3 Å². The minimum Gasteiger partial charge on any atom is -0.345 e. The zero-order valence-electron chi connectivity index (χ0n) is 11.3. The van der Waals surface area contributed by atoms with Crippen molar-refractivity contribution in [3.8, 4) is 0 Å². The highest BCUT2D eigenvalue weighted by Crippen LogP contribution is 2.28. The van der Waals surface area contributed by atoms with Gasteiger partial charge in [0.25, 0.3) is 15.0 Å². The fraction of sp³-hybridized carbons (Fsp3) is 0.231. The van der Waals surface area contributed by atoms with Gasteiger partial charge in [0.1, 0.15) is 4.21 Å². The van der Waals surface area contributed by atoms with Crippen LogP contribution >= 0.6 is 22.0 Å². The van der Waals surface area contributed by atoms with Gasteiger partial charge in [0.2, 0.25) is 0 Å². The molecule has 8 heteroatoms. The lowest BCUT2D eigenvalue weighted by molar-refractivity contribution is 0.0940. The van der Waals surface area contributed by atoms with Crippen LogP contribution in [0.4, 0.5) is 0 Å². The highest BCUT2D eigenvalue weighted by Gasteiger charge is 2.18. The zero-order valence-corrected chi connectivity index (χ0v) is 13.7. The number of hydrogen-bond acceptors (Lipinski definition) is 5. The van der Waals surface area contributed by atoms with Crippen LogP contribution in [0, 0.1) is 6.92 Å². The molecule has 5 nitrogen and oxygen atoms in total. The van der Waals surface area contributed by atoms with Crippen LogP contribution in [0.1, 0.15) is 33.8 Å². The maximum Gasteiger partial charge on any atom is 0.270 e. The number of hydrogen-bond donors (Lipinski definition) is 1. The summed E-state index contributed by atoms with van der Waals surface area (Å²) in [5.41, 5.74) is 1.35. The van der Waals surface area contributed by atoms with Gasteiger partial charge in [-0.25, -0.2) is 8.42 Å². The Kier molecular flexibility index (Phi) is 4.65. The van der Waals surface area contributed by atoms with Crippen LogP contribution in [0.3, 0.4) is 0 Å². The minimum absolute atomic E-state index is 0.0671. The molecule has 1 amide bonds. The first-order valence-electron chi connectivity index (χ1n) is 6.04. The first kappa shape index (κ1) is 15.9. The van der Waals surface area contributed by atoms with Gasteiger partial charge in [-0.3, -0.25) is 9.78 Å². The zero-order chi connectivity index (χ0) is 15.6. The Morgan fingerprint density at radius 1 is 1.38 bits per heavy atom. The average molecular weight is 345 g/mol. The fourth-order valence-electron chi connectivity index (χ4n) is 1.73. The summed E-state index contributed by atoms with van der Waals surface area (Å²) in [5, 5.41) is 2.80. The summed E-state index contributed by atoms with van der Waals surface area (Å²) in [5.74, 6) is -0.262. The lowest BCUT2D eigenvalue weighted by Gasteiger charge is -2.12. The molecule has 2 aromatic heterocycles. The quantitative estimate of drug-likeness (QED) is 0.865. The molecular formula is C13H13ClN2O3S2. The third-order valence-corrected chi connectivity index (χ3v) is 6.11. The summed E-state index contributed by atoms with van der Waals surface area (Å²) in [7, 11) is 1.55. The Labute approximate surface area is 131 Å². The first-order chi connectivity index (χ1) is 9.77. The standard InChI is InChI=1S/C13H13ClN2O3S2/c1-8-5-10(7-15-6-8)13(17)16-9(2)11-3-4-12(20-11)21(14,18)19/h3-7,9H,1-2H3,(H,16,17). The van der Waals surface area contributed by atoms with E-state index >= 15 is 0 Å². The molecule has 0 radical (unpaired) electrons. The third-order valence-electron chi connectivity index (χ3n) is 2.75. The molecule has 0 aromatic carbocycles. The highest BCUT2D eigenvalue weighted by molar-refractivity contribution is 8.15. The molecule has 2 aromatic rings. The molecule has 0 fully saturated rings. The number of amides is 1. The molecule has 1 N–H and O–H groups in total. The predicted molar refractivity (Wildman–Crippen MR) is 82.2 cm³/mol. The van der Waals surface area contributed by atoms with Gasteiger partial charge in [-0.2, -0.15) is 0 Å². The van der Waals surface area contributed by atoms with Gasteiger partial charge < -0.3 is 5.32 Å². The number of carbonyl (C=O) groups excluding carboxylic acids is 1. The van der Waals surface area contributed by atoms with Crippen molar-refractivity contribution in [2.24, 2.45) is 0 Å². The van der Waals surface area contributed by atoms with Crippen molar-refractivity contribution in [2.75, 3.05) is 0 Å². The molecule has 21 heavy (non-hydrogen) atoms. The van der Waals surface area contributed by atoms with Crippen molar-refractivity contribution in [3.05, 3.63) is 46.6 Å². The second-order valence-corrected chi connectivity index (χ2v) is 8.45. The first-order valence-corrected chi connectivity index (χ1v) is 9.17. The van der Waals surface area contributed by atoms with Gasteiger partial charge >= 0.3 is 0 Å². The van der Waals surface area contributed by atoms with Crippen LogP contribution in [0.15, 0.2) is 34.8 Å². The van der Waals surface area contributed by atoms with Crippen LogP contribution in [0.5, 0.6) is 0 Å². The van der Waals surface area contributed by atoms with Crippen molar-refractivity contribution in [3.63, 3.8) is 0 Å². The normalized spacial score (nSPS) is 12.9. The van der Waals surface area contributed by atoms with Gasteiger partial charge in [0.15, 0.2) is 0 Å². The maximum absolute atomic E-state index is 12.1. The molecule has 2 heterocycles. The van der Waals surface area contributed by atoms with E-state index in [0.717, 1.165) is 16.9 Å². The lowest BCUT2D eigenvalue weighted by atomic mass is 10.2. The van der Waals surface area contributed by atoms with Crippen molar-refractivity contribution in [1.82, 2.24) is 10.3 Å². The number of rotatable bonds is 4. The Hall–Kier alpha value is -1.44.